The van der Waals surface area contributed by atoms with E-state index in [1.165, 1.54) is 25.1 Å². The van der Waals surface area contributed by atoms with Crippen molar-refractivity contribution in [3.05, 3.63) is 58.4 Å². The van der Waals surface area contributed by atoms with Crippen molar-refractivity contribution in [3.8, 4) is 6.07 Å². The first-order valence-electron chi connectivity index (χ1n) is 7.42. The molecule has 1 atom stereocenters. The van der Waals surface area contributed by atoms with Crippen LogP contribution in [-0.2, 0) is 14.3 Å². The van der Waals surface area contributed by atoms with Crippen molar-refractivity contribution in [2.75, 3.05) is 0 Å². The highest BCUT2D eigenvalue weighted by Crippen LogP contribution is 2.40. The van der Waals surface area contributed by atoms with Crippen LogP contribution in [0.4, 0.5) is 4.39 Å². The third kappa shape index (κ3) is 3.40. The molecule has 0 bridgehead atoms. The Morgan fingerprint density at radius 3 is 2.54 bits per heavy atom. The van der Waals surface area contributed by atoms with Crippen molar-refractivity contribution < 1.29 is 18.7 Å². The maximum atomic E-state index is 14.3. The number of benzene rings is 1. The number of carbonyl (C=O) groups excluding carboxylic acids is 1. The van der Waals surface area contributed by atoms with E-state index in [1.807, 2.05) is 6.07 Å². The fraction of sp³-hybridized carbons (Fsp3) is 0.333. The molecule has 0 saturated carbocycles. The summed E-state index contributed by atoms with van der Waals surface area (Å²) in [7, 11) is 0. The van der Waals surface area contributed by atoms with E-state index in [0.717, 1.165) is 0 Å². The second-order valence-corrected chi connectivity index (χ2v) is 6.42. The topological polar surface area (TPSA) is 85.3 Å². The molecule has 6 heteroatoms. The molecule has 1 aromatic carbocycles. The first-order valence-corrected chi connectivity index (χ1v) is 7.42. The minimum absolute atomic E-state index is 0.0217. The van der Waals surface area contributed by atoms with Crippen LogP contribution in [0.15, 0.2) is 47.1 Å². The summed E-state index contributed by atoms with van der Waals surface area (Å²) >= 11 is 0. The van der Waals surface area contributed by atoms with Crippen molar-refractivity contribution >= 4 is 5.97 Å². The van der Waals surface area contributed by atoms with E-state index in [1.54, 1.807) is 26.8 Å². The van der Waals surface area contributed by atoms with Crippen molar-refractivity contribution in [2.45, 2.75) is 39.2 Å². The second-order valence-electron chi connectivity index (χ2n) is 6.42. The van der Waals surface area contributed by atoms with Crippen LogP contribution in [0.1, 0.15) is 39.2 Å². The predicted octanol–water partition coefficient (Wildman–Crippen LogP) is 3.25. The molecule has 0 fully saturated rings. The van der Waals surface area contributed by atoms with Crippen molar-refractivity contribution in [3.63, 3.8) is 0 Å². The number of ether oxygens (including phenoxy) is 2. The van der Waals surface area contributed by atoms with Gasteiger partial charge in [0.1, 0.15) is 28.8 Å². The van der Waals surface area contributed by atoms with Gasteiger partial charge in [-0.1, -0.05) is 18.2 Å². The number of hydrogen-bond acceptors (Lipinski definition) is 5. The molecule has 2 N–H and O–H groups in total. The quantitative estimate of drug-likeness (QED) is 0.841. The molecule has 0 spiro atoms. The van der Waals surface area contributed by atoms with Crippen LogP contribution >= 0.6 is 0 Å². The highest BCUT2D eigenvalue weighted by Gasteiger charge is 2.38. The molecule has 0 saturated heterocycles. The fourth-order valence-electron chi connectivity index (χ4n) is 2.50. The van der Waals surface area contributed by atoms with Gasteiger partial charge in [0, 0.05) is 5.56 Å². The van der Waals surface area contributed by atoms with Crippen LogP contribution in [0.2, 0.25) is 0 Å². The van der Waals surface area contributed by atoms with Gasteiger partial charge in [-0.2, -0.15) is 5.26 Å². The fourth-order valence-corrected chi connectivity index (χ4v) is 2.50. The Kier molecular flexibility index (Phi) is 4.65. The summed E-state index contributed by atoms with van der Waals surface area (Å²) in [6.07, 6.45) is 0. The standard InChI is InChI=1S/C18H19FN2O3/c1-10-14(17(22)24-18(2,3)4)15(12(9-20)16(21)23-10)11-7-5-6-8-13(11)19/h5-8,15H,21H2,1-4H3. The maximum absolute atomic E-state index is 14.3. The predicted molar refractivity (Wildman–Crippen MR) is 85.6 cm³/mol. The van der Waals surface area contributed by atoms with Gasteiger partial charge in [-0.15, -0.1) is 0 Å². The monoisotopic (exact) mass is 330 g/mol. The number of nitriles is 1. The Morgan fingerprint density at radius 2 is 2.00 bits per heavy atom. The zero-order valence-electron chi connectivity index (χ0n) is 14.0. The van der Waals surface area contributed by atoms with E-state index in [9.17, 15) is 14.4 Å². The normalized spacial score (nSPS) is 18.1. The third-order valence-electron chi connectivity index (χ3n) is 3.44. The molecule has 2 rings (SSSR count). The zero-order chi connectivity index (χ0) is 18.1. The number of carbonyl (C=O) groups is 1. The van der Waals surface area contributed by atoms with E-state index < -0.39 is 23.3 Å². The summed E-state index contributed by atoms with van der Waals surface area (Å²) in [5.41, 5.74) is 5.24. The Hall–Kier alpha value is -2.81. The van der Waals surface area contributed by atoms with Crippen LogP contribution in [0.25, 0.3) is 0 Å². The molecular weight excluding hydrogens is 311 g/mol. The zero-order valence-corrected chi connectivity index (χ0v) is 14.0. The van der Waals surface area contributed by atoms with Crippen LogP contribution in [0, 0.1) is 17.1 Å². The summed E-state index contributed by atoms with van der Waals surface area (Å²) < 4.78 is 25.0. The van der Waals surface area contributed by atoms with Gasteiger partial charge in [0.05, 0.1) is 11.5 Å². The van der Waals surface area contributed by atoms with Gasteiger partial charge in [-0.3, -0.25) is 0 Å². The molecule has 0 aliphatic carbocycles. The van der Waals surface area contributed by atoms with E-state index in [2.05, 4.69) is 0 Å². The average Bonchev–Trinajstić information content (AvgIpc) is 2.45. The molecule has 0 aromatic heterocycles. The maximum Gasteiger partial charge on any atom is 0.338 e. The van der Waals surface area contributed by atoms with Crippen molar-refractivity contribution in [2.24, 2.45) is 5.73 Å². The van der Waals surface area contributed by atoms with Gasteiger partial charge in [0.25, 0.3) is 0 Å². The summed E-state index contributed by atoms with van der Waals surface area (Å²) in [5, 5.41) is 9.44. The Bertz CT molecular complexity index is 782. The molecule has 1 aliphatic rings. The first kappa shape index (κ1) is 17.5. The number of rotatable bonds is 2. The minimum atomic E-state index is -0.972. The number of hydrogen-bond donors (Lipinski definition) is 1. The van der Waals surface area contributed by atoms with Crippen LogP contribution in [0.5, 0.6) is 0 Å². The van der Waals surface area contributed by atoms with E-state index in [0.29, 0.717) is 0 Å². The smallest absolute Gasteiger partial charge is 0.338 e. The number of allylic oxidation sites excluding steroid dienone is 2. The first-order chi connectivity index (χ1) is 11.2. The number of halogens is 1. The van der Waals surface area contributed by atoms with Crippen LogP contribution in [0.3, 0.4) is 0 Å². The molecule has 5 nitrogen and oxygen atoms in total. The third-order valence-corrected chi connectivity index (χ3v) is 3.44. The Balaban J connectivity index is 2.62. The second kappa shape index (κ2) is 6.36. The molecule has 1 unspecified atom stereocenters. The van der Waals surface area contributed by atoms with Crippen molar-refractivity contribution in [1.29, 1.82) is 5.26 Å². The summed E-state index contributed by atoms with van der Waals surface area (Å²) in [6.45, 7) is 6.70. The Labute approximate surface area is 140 Å². The lowest BCUT2D eigenvalue weighted by molar-refractivity contribution is -0.150. The SMILES string of the molecule is CC1=C(C(=O)OC(C)(C)C)C(c2ccccc2F)C(C#N)=C(N)O1. The van der Waals surface area contributed by atoms with E-state index in [4.69, 9.17) is 15.2 Å². The lowest BCUT2D eigenvalue weighted by Crippen LogP contribution is -2.30. The van der Waals surface area contributed by atoms with Gasteiger partial charge < -0.3 is 15.2 Å². The van der Waals surface area contributed by atoms with Crippen LogP contribution < -0.4 is 5.73 Å². The molecule has 24 heavy (non-hydrogen) atoms. The largest absolute Gasteiger partial charge is 0.456 e. The lowest BCUT2D eigenvalue weighted by Gasteiger charge is -2.29. The van der Waals surface area contributed by atoms with Gasteiger partial charge in [-0.05, 0) is 33.8 Å². The van der Waals surface area contributed by atoms with E-state index >= 15 is 0 Å². The van der Waals surface area contributed by atoms with Gasteiger partial charge >= 0.3 is 5.97 Å². The minimum Gasteiger partial charge on any atom is -0.456 e. The highest BCUT2D eigenvalue weighted by molar-refractivity contribution is 5.92. The summed E-state index contributed by atoms with van der Waals surface area (Å²) in [6, 6.07) is 7.84. The summed E-state index contributed by atoms with van der Waals surface area (Å²) in [5.74, 6) is -2.14. The van der Waals surface area contributed by atoms with E-state index in [-0.39, 0.29) is 28.4 Å². The molecule has 126 valence electrons. The lowest BCUT2D eigenvalue weighted by atomic mass is 9.83. The molecule has 1 heterocycles. The van der Waals surface area contributed by atoms with Crippen molar-refractivity contribution in [1.82, 2.24) is 0 Å². The highest BCUT2D eigenvalue weighted by atomic mass is 19.1. The Morgan fingerprint density at radius 1 is 1.38 bits per heavy atom. The summed E-state index contributed by atoms with van der Waals surface area (Å²) in [4.78, 5) is 12.6. The molecule has 1 aromatic rings. The molecule has 0 radical (unpaired) electrons. The number of nitrogens with zero attached hydrogens (tertiary/aromatic N) is 1. The number of nitrogens with two attached hydrogens (primary N) is 1. The van der Waals surface area contributed by atoms with Gasteiger partial charge in [-0.25, -0.2) is 9.18 Å². The molecule has 0 amide bonds. The van der Waals surface area contributed by atoms with Gasteiger partial charge in [0.2, 0.25) is 5.88 Å². The molecular formula is C18H19FN2O3. The number of esters is 1. The van der Waals surface area contributed by atoms with Gasteiger partial charge in [0.15, 0.2) is 0 Å². The molecule has 1 aliphatic heterocycles. The van der Waals surface area contributed by atoms with Crippen LogP contribution in [-0.4, -0.2) is 11.6 Å². The average molecular weight is 330 g/mol.